The van der Waals surface area contributed by atoms with Gasteiger partial charge < -0.3 is 14.2 Å². The van der Waals surface area contributed by atoms with Crippen molar-refractivity contribution in [3.63, 3.8) is 0 Å². The highest BCUT2D eigenvalue weighted by Crippen LogP contribution is 2.35. The topological polar surface area (TPSA) is 94.5 Å². The Morgan fingerprint density at radius 3 is 2.03 bits per heavy atom. The van der Waals surface area contributed by atoms with Gasteiger partial charge in [0.15, 0.2) is 0 Å². The standard InChI is InChI=1S/C22H30N2O6/c1-21(2,3)29-19(26)24(20(27)30-22(4,5)6)17(18(25)28-7)12-14-13-23-16-11-9-8-10-15(14)16/h8-11,13-14,17H,12H2,1-7H3/t14?,17-/m0/s1. The zero-order valence-corrected chi connectivity index (χ0v) is 18.6. The number of imide groups is 1. The van der Waals surface area contributed by atoms with Gasteiger partial charge in [-0.1, -0.05) is 18.2 Å². The zero-order valence-electron chi connectivity index (χ0n) is 18.6. The first-order chi connectivity index (χ1) is 13.8. The van der Waals surface area contributed by atoms with Gasteiger partial charge in [0, 0.05) is 12.1 Å². The fraction of sp³-hybridized carbons (Fsp3) is 0.545. The predicted molar refractivity (Wildman–Crippen MR) is 112 cm³/mol. The van der Waals surface area contributed by atoms with E-state index in [2.05, 4.69) is 4.99 Å². The molecule has 1 heterocycles. The number of carbonyl (C=O) groups excluding carboxylic acids is 3. The number of para-hydroxylation sites is 1. The molecule has 164 valence electrons. The van der Waals surface area contributed by atoms with Gasteiger partial charge in [-0.25, -0.2) is 14.4 Å². The molecule has 1 unspecified atom stereocenters. The van der Waals surface area contributed by atoms with Crippen molar-refractivity contribution in [2.75, 3.05) is 7.11 Å². The predicted octanol–water partition coefficient (Wildman–Crippen LogP) is 4.59. The van der Waals surface area contributed by atoms with Crippen molar-refractivity contribution in [1.29, 1.82) is 0 Å². The average molecular weight is 418 g/mol. The number of amides is 2. The van der Waals surface area contributed by atoms with Crippen LogP contribution < -0.4 is 0 Å². The van der Waals surface area contributed by atoms with E-state index in [1.807, 2.05) is 24.3 Å². The van der Waals surface area contributed by atoms with Crippen LogP contribution >= 0.6 is 0 Å². The van der Waals surface area contributed by atoms with E-state index < -0.39 is 35.4 Å². The van der Waals surface area contributed by atoms with Crippen molar-refractivity contribution >= 4 is 30.1 Å². The molecule has 0 radical (unpaired) electrons. The Balaban J connectivity index is 2.40. The lowest BCUT2D eigenvalue weighted by Gasteiger charge is -2.33. The molecule has 1 aromatic carbocycles. The van der Waals surface area contributed by atoms with Crippen LogP contribution in [0.3, 0.4) is 0 Å². The number of ether oxygens (including phenoxy) is 3. The molecular weight excluding hydrogens is 388 g/mol. The maximum Gasteiger partial charge on any atom is 0.420 e. The number of fused-ring (bicyclic) bond motifs is 1. The summed E-state index contributed by atoms with van der Waals surface area (Å²) in [5.74, 6) is -1.03. The minimum absolute atomic E-state index is 0.0890. The molecule has 30 heavy (non-hydrogen) atoms. The molecule has 8 heteroatoms. The van der Waals surface area contributed by atoms with Crippen LogP contribution in [0.5, 0.6) is 0 Å². The van der Waals surface area contributed by atoms with Crippen molar-refractivity contribution in [1.82, 2.24) is 4.90 Å². The van der Waals surface area contributed by atoms with Crippen LogP contribution in [0.25, 0.3) is 0 Å². The van der Waals surface area contributed by atoms with E-state index in [4.69, 9.17) is 14.2 Å². The van der Waals surface area contributed by atoms with Crippen LogP contribution in [0.4, 0.5) is 15.3 Å². The van der Waals surface area contributed by atoms with Crippen LogP contribution in [-0.4, -0.2) is 53.6 Å². The van der Waals surface area contributed by atoms with Gasteiger partial charge in [-0.3, -0.25) is 4.99 Å². The molecule has 0 saturated carbocycles. The first kappa shape index (κ1) is 23.4. The van der Waals surface area contributed by atoms with E-state index >= 15 is 0 Å². The van der Waals surface area contributed by atoms with E-state index in [1.54, 1.807) is 47.8 Å². The first-order valence-corrected chi connectivity index (χ1v) is 9.78. The lowest BCUT2D eigenvalue weighted by atomic mass is 9.93. The number of benzene rings is 1. The van der Waals surface area contributed by atoms with Crippen molar-refractivity contribution in [2.24, 2.45) is 4.99 Å². The molecule has 2 rings (SSSR count). The molecule has 0 aliphatic carbocycles. The molecule has 1 aliphatic rings. The van der Waals surface area contributed by atoms with Crippen LogP contribution in [0.15, 0.2) is 29.3 Å². The second kappa shape index (κ2) is 8.85. The van der Waals surface area contributed by atoms with Gasteiger partial charge in [0.05, 0.1) is 12.8 Å². The van der Waals surface area contributed by atoms with E-state index in [1.165, 1.54) is 7.11 Å². The molecule has 0 bridgehead atoms. The van der Waals surface area contributed by atoms with E-state index in [-0.39, 0.29) is 12.3 Å². The fourth-order valence-corrected chi connectivity index (χ4v) is 2.99. The lowest BCUT2D eigenvalue weighted by Crippen LogP contribution is -2.52. The van der Waals surface area contributed by atoms with Gasteiger partial charge in [0.2, 0.25) is 0 Å². The maximum absolute atomic E-state index is 12.9. The third-order valence-electron chi connectivity index (χ3n) is 4.17. The Bertz CT molecular complexity index is 807. The van der Waals surface area contributed by atoms with Crippen LogP contribution in [0.2, 0.25) is 0 Å². The summed E-state index contributed by atoms with van der Waals surface area (Å²) in [6.45, 7) is 10.0. The zero-order chi connectivity index (χ0) is 22.7. The molecule has 0 N–H and O–H groups in total. The van der Waals surface area contributed by atoms with Gasteiger partial charge in [-0.15, -0.1) is 0 Å². The Hall–Kier alpha value is -2.90. The van der Waals surface area contributed by atoms with Crippen LogP contribution in [0.1, 0.15) is 59.4 Å². The quantitative estimate of drug-likeness (QED) is 0.524. The van der Waals surface area contributed by atoms with Crippen molar-refractivity contribution in [2.45, 2.75) is 71.1 Å². The fourth-order valence-electron chi connectivity index (χ4n) is 2.99. The monoisotopic (exact) mass is 418 g/mol. The molecule has 0 fully saturated rings. The Morgan fingerprint density at radius 2 is 1.53 bits per heavy atom. The Labute approximate surface area is 177 Å². The van der Waals surface area contributed by atoms with Crippen molar-refractivity contribution < 1.29 is 28.6 Å². The molecular formula is C22H30N2O6. The normalized spacial score (nSPS) is 16.4. The maximum atomic E-state index is 12.9. The van der Waals surface area contributed by atoms with Gasteiger partial charge in [0.25, 0.3) is 0 Å². The van der Waals surface area contributed by atoms with Gasteiger partial charge >= 0.3 is 18.2 Å². The Kier molecular flexibility index (Phi) is 6.90. The molecule has 1 aliphatic heterocycles. The second-order valence-electron chi connectivity index (χ2n) is 9.05. The number of rotatable bonds is 4. The van der Waals surface area contributed by atoms with Crippen molar-refractivity contribution in [3.8, 4) is 0 Å². The third-order valence-corrected chi connectivity index (χ3v) is 4.17. The summed E-state index contributed by atoms with van der Waals surface area (Å²) >= 11 is 0. The molecule has 1 aromatic rings. The minimum Gasteiger partial charge on any atom is -0.467 e. The number of aliphatic imine (C=N–C) groups is 1. The smallest absolute Gasteiger partial charge is 0.420 e. The Morgan fingerprint density at radius 1 is 1.00 bits per heavy atom. The van der Waals surface area contributed by atoms with Gasteiger partial charge in [0.1, 0.15) is 17.2 Å². The first-order valence-electron chi connectivity index (χ1n) is 9.78. The molecule has 8 nitrogen and oxygen atoms in total. The molecule has 0 spiro atoms. The largest absolute Gasteiger partial charge is 0.467 e. The third kappa shape index (κ3) is 6.05. The molecule has 2 atom stereocenters. The summed E-state index contributed by atoms with van der Waals surface area (Å²) in [4.78, 5) is 43.6. The number of methoxy groups -OCH3 is 1. The van der Waals surface area contributed by atoms with E-state index in [0.29, 0.717) is 4.90 Å². The summed E-state index contributed by atoms with van der Waals surface area (Å²) < 4.78 is 15.7. The average Bonchev–Trinajstić information content (AvgIpc) is 3.00. The summed E-state index contributed by atoms with van der Waals surface area (Å²) in [6.07, 6.45) is -0.167. The number of carbonyl (C=O) groups is 3. The summed E-state index contributed by atoms with van der Waals surface area (Å²) in [5, 5.41) is 0. The lowest BCUT2D eigenvalue weighted by molar-refractivity contribution is -0.147. The summed E-state index contributed by atoms with van der Waals surface area (Å²) in [6, 6.07) is 6.24. The summed E-state index contributed by atoms with van der Waals surface area (Å²) in [7, 11) is 1.20. The minimum atomic E-state index is -1.25. The number of esters is 1. The number of nitrogens with zero attached hydrogens (tertiary/aromatic N) is 2. The summed E-state index contributed by atoms with van der Waals surface area (Å²) in [5.41, 5.74) is -0.0642. The van der Waals surface area contributed by atoms with Gasteiger partial charge in [-0.05, 0) is 59.6 Å². The molecule has 2 amide bonds. The number of hydrogen-bond donors (Lipinski definition) is 0. The SMILES string of the molecule is COC(=O)[C@H](CC1C=Nc2ccccc21)N(C(=O)OC(C)(C)C)C(=O)OC(C)(C)C. The van der Waals surface area contributed by atoms with Crippen LogP contribution in [0, 0.1) is 0 Å². The van der Waals surface area contributed by atoms with E-state index in [0.717, 1.165) is 11.3 Å². The molecule has 0 aromatic heterocycles. The highest BCUT2D eigenvalue weighted by atomic mass is 16.6. The van der Waals surface area contributed by atoms with E-state index in [9.17, 15) is 14.4 Å². The van der Waals surface area contributed by atoms with Crippen LogP contribution in [-0.2, 0) is 19.0 Å². The molecule has 0 saturated heterocycles. The number of hydrogen-bond acceptors (Lipinski definition) is 7. The highest BCUT2D eigenvalue weighted by molar-refractivity contribution is 5.94. The van der Waals surface area contributed by atoms with Gasteiger partial charge in [-0.2, -0.15) is 4.90 Å². The van der Waals surface area contributed by atoms with Crippen molar-refractivity contribution in [3.05, 3.63) is 29.8 Å². The highest BCUT2D eigenvalue weighted by Gasteiger charge is 2.42. The second-order valence-corrected chi connectivity index (χ2v) is 9.05.